The first-order chi connectivity index (χ1) is 7.49. The molecule has 0 fully saturated rings. The van der Waals surface area contributed by atoms with Crippen LogP contribution in [-0.2, 0) is 7.05 Å². The fourth-order valence-corrected chi connectivity index (χ4v) is 2.62. The second-order valence-electron chi connectivity index (χ2n) is 3.67. The Hall–Kier alpha value is -1.62. The minimum atomic E-state index is -0.953. The molecule has 0 saturated carbocycles. The molecular formula is C11H12N2O2S. The van der Waals surface area contributed by atoms with Gasteiger partial charge in [-0.1, -0.05) is 0 Å². The van der Waals surface area contributed by atoms with E-state index in [9.17, 15) is 4.79 Å². The average molecular weight is 236 g/mol. The molecule has 84 valence electrons. The molecule has 0 aliphatic heterocycles. The predicted molar refractivity (Wildman–Crippen MR) is 63.0 cm³/mol. The van der Waals surface area contributed by atoms with Gasteiger partial charge in [0.15, 0.2) is 0 Å². The molecule has 0 radical (unpaired) electrons. The van der Waals surface area contributed by atoms with Crippen molar-refractivity contribution < 1.29 is 9.90 Å². The summed E-state index contributed by atoms with van der Waals surface area (Å²) in [5.41, 5.74) is 1.95. The Morgan fingerprint density at radius 1 is 1.44 bits per heavy atom. The summed E-state index contributed by atoms with van der Waals surface area (Å²) in [5.74, 6) is -0.953. The number of aromatic nitrogens is 2. The van der Waals surface area contributed by atoms with Crippen LogP contribution >= 0.6 is 11.3 Å². The zero-order chi connectivity index (χ0) is 11.9. The van der Waals surface area contributed by atoms with Crippen LogP contribution in [0.4, 0.5) is 0 Å². The molecule has 0 saturated heterocycles. The maximum atomic E-state index is 10.9. The van der Waals surface area contributed by atoms with E-state index in [0.29, 0.717) is 0 Å². The molecule has 1 N–H and O–H groups in total. The molecule has 0 aliphatic carbocycles. The maximum Gasteiger partial charge on any atom is 0.354 e. The number of hydrogen-bond donors (Lipinski definition) is 1. The lowest BCUT2D eigenvalue weighted by Gasteiger charge is -1.92. The van der Waals surface area contributed by atoms with E-state index in [1.54, 1.807) is 24.5 Å². The van der Waals surface area contributed by atoms with Crippen LogP contribution in [0, 0.1) is 13.8 Å². The fourth-order valence-electron chi connectivity index (χ4n) is 1.68. The Kier molecular flexibility index (Phi) is 2.55. The van der Waals surface area contributed by atoms with Crippen LogP contribution in [0.3, 0.4) is 0 Å². The molecule has 16 heavy (non-hydrogen) atoms. The van der Waals surface area contributed by atoms with Crippen LogP contribution in [0.2, 0.25) is 0 Å². The first-order valence-corrected chi connectivity index (χ1v) is 5.65. The molecule has 2 heterocycles. The van der Waals surface area contributed by atoms with Gasteiger partial charge in [0, 0.05) is 22.4 Å². The molecule has 2 aromatic heterocycles. The van der Waals surface area contributed by atoms with Crippen molar-refractivity contribution in [2.24, 2.45) is 7.05 Å². The van der Waals surface area contributed by atoms with Crippen molar-refractivity contribution in [3.8, 4) is 11.3 Å². The van der Waals surface area contributed by atoms with Crippen molar-refractivity contribution in [1.29, 1.82) is 0 Å². The van der Waals surface area contributed by atoms with Gasteiger partial charge in [0.25, 0.3) is 0 Å². The lowest BCUT2D eigenvalue weighted by atomic mass is 10.2. The maximum absolute atomic E-state index is 10.9. The van der Waals surface area contributed by atoms with Crippen molar-refractivity contribution in [2.45, 2.75) is 13.8 Å². The van der Waals surface area contributed by atoms with Gasteiger partial charge in [0.05, 0.1) is 5.69 Å². The van der Waals surface area contributed by atoms with Crippen LogP contribution < -0.4 is 0 Å². The highest BCUT2D eigenvalue weighted by atomic mass is 32.1. The summed E-state index contributed by atoms with van der Waals surface area (Å²) in [4.78, 5) is 13.3. The molecule has 0 atom stereocenters. The molecule has 2 rings (SSSR count). The lowest BCUT2D eigenvalue weighted by molar-refractivity contribution is 0.0685. The quantitative estimate of drug-likeness (QED) is 0.871. The zero-order valence-electron chi connectivity index (χ0n) is 9.31. The number of aryl methyl sites for hydroxylation is 3. The third-order valence-electron chi connectivity index (χ3n) is 2.42. The number of nitrogens with zero attached hydrogens (tertiary/aromatic N) is 2. The second-order valence-corrected chi connectivity index (χ2v) is 5.13. The Bertz CT molecular complexity index is 554. The van der Waals surface area contributed by atoms with E-state index in [0.717, 1.165) is 16.1 Å². The van der Waals surface area contributed by atoms with Gasteiger partial charge < -0.3 is 5.11 Å². The first kappa shape index (κ1) is 10.9. The third-order valence-corrected chi connectivity index (χ3v) is 3.38. The molecule has 0 aliphatic rings. The number of aromatic carboxylic acids is 1. The minimum absolute atomic E-state index is 0.207. The summed E-state index contributed by atoms with van der Waals surface area (Å²) >= 11 is 1.69. The van der Waals surface area contributed by atoms with Gasteiger partial charge in [0.1, 0.15) is 5.69 Å². The van der Waals surface area contributed by atoms with Gasteiger partial charge in [0.2, 0.25) is 0 Å². The van der Waals surface area contributed by atoms with Gasteiger partial charge in [-0.25, -0.2) is 4.79 Å². The largest absolute Gasteiger partial charge is 0.477 e. The minimum Gasteiger partial charge on any atom is -0.477 e. The summed E-state index contributed by atoms with van der Waals surface area (Å²) < 4.78 is 1.39. The number of rotatable bonds is 2. The van der Waals surface area contributed by atoms with Crippen LogP contribution in [0.1, 0.15) is 20.2 Å². The molecule has 0 bridgehead atoms. The molecule has 0 aromatic carbocycles. The average Bonchev–Trinajstić information content (AvgIpc) is 2.69. The van der Waals surface area contributed by atoms with Crippen molar-refractivity contribution in [2.75, 3.05) is 0 Å². The van der Waals surface area contributed by atoms with Gasteiger partial charge in [-0.05, 0) is 26.0 Å². The normalized spacial score (nSPS) is 10.7. The van der Waals surface area contributed by atoms with E-state index in [-0.39, 0.29) is 5.69 Å². The Morgan fingerprint density at radius 2 is 2.12 bits per heavy atom. The summed E-state index contributed by atoms with van der Waals surface area (Å²) in [7, 11) is 1.64. The van der Waals surface area contributed by atoms with Gasteiger partial charge in [-0.15, -0.1) is 11.3 Å². The van der Waals surface area contributed by atoms with Gasteiger partial charge in [-0.2, -0.15) is 5.10 Å². The smallest absolute Gasteiger partial charge is 0.354 e. The second kappa shape index (κ2) is 3.75. The van der Waals surface area contributed by atoms with Crippen molar-refractivity contribution in [1.82, 2.24) is 9.78 Å². The standard InChI is InChI=1S/C11H12N2O2S/c1-6-4-8(7(2)16-6)9-5-10(11(14)15)13(3)12-9/h4-5H,1-3H3,(H,14,15). The van der Waals surface area contributed by atoms with Crippen LogP contribution in [0.25, 0.3) is 11.3 Å². The lowest BCUT2D eigenvalue weighted by Crippen LogP contribution is -2.04. The molecule has 4 nitrogen and oxygen atoms in total. The third kappa shape index (κ3) is 1.74. The molecule has 0 amide bonds. The van der Waals surface area contributed by atoms with Crippen molar-refractivity contribution in [3.63, 3.8) is 0 Å². The molecule has 0 spiro atoms. The topological polar surface area (TPSA) is 55.1 Å². The zero-order valence-corrected chi connectivity index (χ0v) is 10.1. The monoisotopic (exact) mass is 236 g/mol. The van der Waals surface area contributed by atoms with E-state index in [4.69, 9.17) is 5.11 Å². The van der Waals surface area contributed by atoms with Crippen LogP contribution in [0.15, 0.2) is 12.1 Å². The molecule has 2 aromatic rings. The van der Waals surface area contributed by atoms with E-state index >= 15 is 0 Å². The first-order valence-electron chi connectivity index (χ1n) is 4.84. The molecule has 5 heteroatoms. The summed E-state index contributed by atoms with van der Waals surface area (Å²) in [6, 6.07) is 3.64. The number of carboxylic acids is 1. The SMILES string of the molecule is Cc1cc(-c2cc(C(=O)O)n(C)n2)c(C)s1. The Balaban J connectivity index is 2.53. The highest BCUT2D eigenvalue weighted by Gasteiger charge is 2.15. The Morgan fingerprint density at radius 3 is 2.56 bits per heavy atom. The van der Waals surface area contributed by atoms with Crippen LogP contribution in [-0.4, -0.2) is 20.9 Å². The van der Waals surface area contributed by atoms with Gasteiger partial charge in [-0.3, -0.25) is 4.68 Å². The molecular weight excluding hydrogens is 224 g/mol. The predicted octanol–water partition coefficient (Wildman–Crippen LogP) is 2.46. The van der Waals surface area contributed by atoms with E-state index < -0.39 is 5.97 Å². The number of carboxylic acid groups (broad SMARTS) is 1. The number of thiophene rings is 1. The fraction of sp³-hybridized carbons (Fsp3) is 0.273. The summed E-state index contributed by atoms with van der Waals surface area (Å²) in [6.45, 7) is 4.05. The number of hydrogen-bond acceptors (Lipinski definition) is 3. The van der Waals surface area contributed by atoms with Crippen LogP contribution in [0.5, 0.6) is 0 Å². The molecule has 0 unspecified atom stereocenters. The highest BCUT2D eigenvalue weighted by molar-refractivity contribution is 7.12. The highest BCUT2D eigenvalue weighted by Crippen LogP contribution is 2.29. The van der Waals surface area contributed by atoms with Crippen molar-refractivity contribution in [3.05, 3.63) is 27.6 Å². The Labute approximate surface area is 97.2 Å². The van der Waals surface area contributed by atoms with Crippen molar-refractivity contribution >= 4 is 17.3 Å². The van der Waals surface area contributed by atoms with E-state index in [2.05, 4.69) is 5.10 Å². The summed E-state index contributed by atoms with van der Waals surface area (Å²) in [6.07, 6.45) is 0. The van der Waals surface area contributed by atoms with Gasteiger partial charge >= 0.3 is 5.97 Å². The van der Waals surface area contributed by atoms with E-state index in [1.165, 1.54) is 9.56 Å². The number of carbonyl (C=O) groups is 1. The summed E-state index contributed by atoms with van der Waals surface area (Å²) in [5, 5.41) is 13.2. The van der Waals surface area contributed by atoms with E-state index in [1.807, 2.05) is 19.9 Å².